The normalized spacial score (nSPS) is 11.5. The van der Waals surface area contributed by atoms with Crippen LogP contribution < -0.4 is 4.72 Å². The Kier molecular flexibility index (Phi) is 4.73. The van der Waals surface area contributed by atoms with Crippen LogP contribution in [0.15, 0.2) is 58.2 Å². The number of nitrogens with zero attached hydrogens (tertiary/aromatic N) is 1. The topological polar surface area (TPSA) is 72.2 Å². The summed E-state index contributed by atoms with van der Waals surface area (Å²) in [5.74, 6) is 0.263. The van der Waals surface area contributed by atoms with Gasteiger partial charge in [-0.25, -0.2) is 13.4 Å². The Morgan fingerprint density at radius 1 is 1.00 bits per heavy atom. The van der Waals surface area contributed by atoms with Gasteiger partial charge in [-0.05, 0) is 36.4 Å². The summed E-state index contributed by atoms with van der Waals surface area (Å²) in [7, 11) is -3.90. The lowest BCUT2D eigenvalue weighted by Crippen LogP contribution is -2.13. The molecular weight excluding hydrogens is 395 g/mol. The van der Waals surface area contributed by atoms with Crippen molar-refractivity contribution in [3.8, 4) is 11.5 Å². The first-order valence-corrected chi connectivity index (χ1v) is 9.16. The summed E-state index contributed by atoms with van der Waals surface area (Å²) >= 11 is 17.7. The fourth-order valence-electron chi connectivity index (χ4n) is 1.99. The molecule has 1 heterocycles. The largest absolute Gasteiger partial charge is 0.444 e. The Hall–Kier alpha value is -1.73. The fraction of sp³-hybridized carbons (Fsp3) is 0. The molecule has 0 fully saturated rings. The lowest BCUT2D eigenvalue weighted by atomic mass is 10.2. The van der Waals surface area contributed by atoms with Crippen LogP contribution >= 0.6 is 34.8 Å². The number of halogens is 3. The molecule has 0 saturated heterocycles. The molecule has 0 amide bonds. The number of aromatic nitrogens is 1. The summed E-state index contributed by atoms with van der Waals surface area (Å²) in [6.07, 6.45) is 2.85. The highest BCUT2D eigenvalue weighted by Crippen LogP contribution is 2.32. The molecule has 124 valence electrons. The van der Waals surface area contributed by atoms with Crippen molar-refractivity contribution < 1.29 is 12.8 Å². The molecular formula is C15H9Cl3N2O3S. The molecule has 2 aromatic carbocycles. The Morgan fingerprint density at radius 2 is 1.79 bits per heavy atom. The molecule has 0 aliphatic rings. The molecule has 0 atom stereocenters. The summed E-state index contributed by atoms with van der Waals surface area (Å²) in [6, 6.07) is 8.72. The van der Waals surface area contributed by atoms with Gasteiger partial charge in [-0.15, -0.1) is 0 Å². The Morgan fingerprint density at radius 3 is 2.46 bits per heavy atom. The molecule has 3 rings (SSSR count). The van der Waals surface area contributed by atoms with Crippen molar-refractivity contribution in [2.45, 2.75) is 4.90 Å². The average molecular weight is 404 g/mol. The van der Waals surface area contributed by atoms with E-state index < -0.39 is 10.0 Å². The number of sulfonamides is 1. The summed E-state index contributed by atoms with van der Waals surface area (Å²) in [5.41, 5.74) is 0.684. The summed E-state index contributed by atoms with van der Waals surface area (Å²) in [6.45, 7) is 0. The maximum Gasteiger partial charge on any atom is 0.261 e. The first kappa shape index (κ1) is 17.1. The molecule has 0 saturated carbocycles. The van der Waals surface area contributed by atoms with Crippen molar-refractivity contribution >= 4 is 50.5 Å². The predicted octanol–water partition coefficient (Wildman–Crippen LogP) is 5.10. The van der Waals surface area contributed by atoms with E-state index in [0.717, 1.165) is 0 Å². The molecule has 0 aliphatic carbocycles. The Balaban J connectivity index is 2.04. The molecule has 0 spiro atoms. The van der Waals surface area contributed by atoms with Gasteiger partial charge in [0.25, 0.3) is 10.0 Å². The van der Waals surface area contributed by atoms with Gasteiger partial charge in [0.15, 0.2) is 0 Å². The minimum Gasteiger partial charge on any atom is -0.444 e. The number of oxazole rings is 1. The van der Waals surface area contributed by atoms with E-state index in [0.29, 0.717) is 10.6 Å². The van der Waals surface area contributed by atoms with Crippen LogP contribution in [0.4, 0.5) is 5.69 Å². The van der Waals surface area contributed by atoms with Gasteiger partial charge >= 0.3 is 0 Å². The second kappa shape index (κ2) is 6.64. The van der Waals surface area contributed by atoms with Crippen molar-refractivity contribution in [3.05, 3.63) is 63.9 Å². The lowest BCUT2D eigenvalue weighted by molar-refractivity contribution is 0.575. The van der Waals surface area contributed by atoms with Crippen LogP contribution in [-0.2, 0) is 10.0 Å². The number of hydrogen-bond acceptors (Lipinski definition) is 4. The first-order chi connectivity index (χ1) is 11.4. The molecule has 3 aromatic rings. The smallest absolute Gasteiger partial charge is 0.261 e. The van der Waals surface area contributed by atoms with Gasteiger partial charge in [-0.1, -0.05) is 34.8 Å². The van der Waals surface area contributed by atoms with Gasteiger partial charge in [-0.2, -0.15) is 0 Å². The third-order valence-electron chi connectivity index (χ3n) is 3.09. The van der Waals surface area contributed by atoms with E-state index in [-0.39, 0.29) is 26.5 Å². The maximum absolute atomic E-state index is 12.6. The second-order valence-corrected chi connectivity index (χ2v) is 7.64. The van der Waals surface area contributed by atoms with Crippen molar-refractivity contribution in [1.29, 1.82) is 0 Å². The van der Waals surface area contributed by atoms with E-state index in [1.807, 2.05) is 0 Å². The van der Waals surface area contributed by atoms with Crippen LogP contribution in [0, 0.1) is 0 Å². The number of anilines is 1. The van der Waals surface area contributed by atoms with Crippen LogP contribution in [0.1, 0.15) is 0 Å². The minimum atomic E-state index is -3.90. The third-order valence-corrected chi connectivity index (χ3v) is 5.43. The highest BCUT2D eigenvalue weighted by atomic mass is 35.5. The van der Waals surface area contributed by atoms with Crippen LogP contribution in [0.5, 0.6) is 0 Å². The Labute approximate surface area is 153 Å². The van der Waals surface area contributed by atoms with E-state index in [1.165, 1.54) is 36.7 Å². The SMILES string of the molecule is O=S(=O)(Nc1cc(Cl)ccc1-c1ncco1)c1ccc(Cl)c(Cl)c1. The van der Waals surface area contributed by atoms with E-state index >= 15 is 0 Å². The molecule has 9 heteroatoms. The Bertz CT molecular complexity index is 989. The van der Waals surface area contributed by atoms with Gasteiger partial charge in [0.2, 0.25) is 5.89 Å². The first-order valence-electron chi connectivity index (χ1n) is 6.54. The van der Waals surface area contributed by atoms with Crippen molar-refractivity contribution in [2.75, 3.05) is 4.72 Å². The molecule has 0 aliphatic heterocycles. The number of hydrogen-bond donors (Lipinski definition) is 1. The molecule has 0 bridgehead atoms. The predicted molar refractivity (Wildman–Crippen MR) is 94.2 cm³/mol. The van der Waals surface area contributed by atoms with Gasteiger partial charge < -0.3 is 4.42 Å². The highest BCUT2D eigenvalue weighted by Gasteiger charge is 2.19. The summed E-state index contributed by atoms with van der Waals surface area (Å²) in [4.78, 5) is 3.99. The third kappa shape index (κ3) is 3.52. The zero-order valence-electron chi connectivity index (χ0n) is 11.8. The number of benzene rings is 2. The molecule has 1 N–H and O–H groups in total. The van der Waals surface area contributed by atoms with Crippen molar-refractivity contribution in [2.24, 2.45) is 0 Å². The fourth-order valence-corrected chi connectivity index (χ4v) is 3.62. The highest BCUT2D eigenvalue weighted by molar-refractivity contribution is 7.92. The average Bonchev–Trinajstić information content (AvgIpc) is 3.03. The van der Waals surface area contributed by atoms with E-state index in [2.05, 4.69) is 9.71 Å². The van der Waals surface area contributed by atoms with E-state index in [1.54, 1.807) is 12.1 Å². The zero-order valence-corrected chi connectivity index (χ0v) is 14.9. The van der Waals surface area contributed by atoms with Gasteiger partial charge in [-0.3, -0.25) is 4.72 Å². The standard InChI is InChI=1S/C15H9Cl3N2O3S/c16-9-1-3-11(15-19-5-6-23-15)14(7-9)20-24(21,22)10-2-4-12(17)13(18)8-10/h1-8,20H. The molecule has 24 heavy (non-hydrogen) atoms. The monoisotopic (exact) mass is 402 g/mol. The quantitative estimate of drug-likeness (QED) is 0.657. The van der Waals surface area contributed by atoms with Gasteiger partial charge in [0.1, 0.15) is 6.26 Å². The number of nitrogens with one attached hydrogen (secondary N) is 1. The van der Waals surface area contributed by atoms with Gasteiger partial charge in [0.05, 0.1) is 32.4 Å². The van der Waals surface area contributed by atoms with Crippen molar-refractivity contribution in [1.82, 2.24) is 4.98 Å². The van der Waals surface area contributed by atoms with Crippen LogP contribution in [0.2, 0.25) is 15.1 Å². The second-order valence-electron chi connectivity index (χ2n) is 4.71. The van der Waals surface area contributed by atoms with E-state index in [9.17, 15) is 8.42 Å². The number of rotatable bonds is 4. The van der Waals surface area contributed by atoms with Crippen molar-refractivity contribution in [3.63, 3.8) is 0 Å². The van der Waals surface area contributed by atoms with Gasteiger partial charge in [0, 0.05) is 5.02 Å². The minimum absolute atomic E-state index is 0.0322. The summed E-state index contributed by atoms with van der Waals surface area (Å²) < 4.78 is 32.9. The molecule has 5 nitrogen and oxygen atoms in total. The zero-order chi connectivity index (χ0) is 17.3. The molecule has 0 radical (unpaired) electrons. The van der Waals surface area contributed by atoms with Crippen LogP contribution in [-0.4, -0.2) is 13.4 Å². The molecule has 0 unspecified atom stereocenters. The maximum atomic E-state index is 12.6. The van der Waals surface area contributed by atoms with E-state index in [4.69, 9.17) is 39.2 Å². The van der Waals surface area contributed by atoms with Crippen LogP contribution in [0.25, 0.3) is 11.5 Å². The summed E-state index contributed by atoms with van der Waals surface area (Å²) in [5, 5.41) is 0.759. The lowest BCUT2D eigenvalue weighted by Gasteiger charge is -2.12. The molecule has 1 aromatic heterocycles. The van der Waals surface area contributed by atoms with Crippen LogP contribution in [0.3, 0.4) is 0 Å².